The number of aliphatic hydroxyl groups excluding tert-OH is 1. The van der Waals surface area contributed by atoms with Gasteiger partial charge in [-0.3, -0.25) is 4.79 Å². The lowest BCUT2D eigenvalue weighted by Crippen LogP contribution is -2.52. The molecule has 2 aromatic rings. The SMILES string of the molecule is Cc1c(S(=O)(=O)NC2C3CCC2CC(O)(CO)C3)c2n(c1C(=O)Nc1ccc(F)c(F)c1)CCCCC2. The molecule has 2 aliphatic carbocycles. The van der Waals surface area contributed by atoms with E-state index in [4.69, 9.17) is 0 Å². The molecule has 37 heavy (non-hydrogen) atoms. The number of aromatic nitrogens is 1. The van der Waals surface area contributed by atoms with Crippen LogP contribution in [0, 0.1) is 30.4 Å². The second kappa shape index (κ2) is 9.76. The Balaban J connectivity index is 1.49. The highest BCUT2D eigenvalue weighted by Crippen LogP contribution is 2.47. The summed E-state index contributed by atoms with van der Waals surface area (Å²) in [7, 11) is -4.02. The first-order valence-corrected chi connectivity index (χ1v) is 14.4. The van der Waals surface area contributed by atoms with Crippen molar-refractivity contribution in [3.05, 3.63) is 46.8 Å². The summed E-state index contributed by atoms with van der Waals surface area (Å²) in [6.45, 7) is 1.74. The summed E-state index contributed by atoms with van der Waals surface area (Å²) in [6.07, 6.45) is 5.18. The first-order valence-electron chi connectivity index (χ1n) is 12.9. The lowest BCUT2D eigenvalue weighted by atomic mass is 9.75. The van der Waals surface area contributed by atoms with Gasteiger partial charge >= 0.3 is 0 Å². The molecular formula is C26H33F2N3O5S. The van der Waals surface area contributed by atoms with Gasteiger partial charge in [-0.2, -0.15) is 0 Å². The van der Waals surface area contributed by atoms with Crippen molar-refractivity contribution in [2.24, 2.45) is 11.8 Å². The van der Waals surface area contributed by atoms with Crippen LogP contribution in [0.15, 0.2) is 23.1 Å². The molecule has 2 atom stereocenters. The summed E-state index contributed by atoms with van der Waals surface area (Å²) >= 11 is 0. The highest BCUT2D eigenvalue weighted by Gasteiger charge is 2.50. The number of sulfonamides is 1. The first-order chi connectivity index (χ1) is 17.5. The number of carbonyl (C=O) groups is 1. The molecule has 3 aliphatic rings. The summed E-state index contributed by atoms with van der Waals surface area (Å²) in [4.78, 5) is 13.5. The number of fused-ring (bicyclic) bond motifs is 3. The Morgan fingerprint density at radius 1 is 1.14 bits per heavy atom. The van der Waals surface area contributed by atoms with Crippen LogP contribution in [0.3, 0.4) is 0 Å². The summed E-state index contributed by atoms with van der Waals surface area (Å²) in [5.74, 6) is -2.86. The van der Waals surface area contributed by atoms with Crippen molar-refractivity contribution in [1.82, 2.24) is 9.29 Å². The van der Waals surface area contributed by atoms with Crippen molar-refractivity contribution >= 4 is 21.6 Å². The highest BCUT2D eigenvalue weighted by molar-refractivity contribution is 7.89. The molecular weight excluding hydrogens is 504 g/mol. The van der Waals surface area contributed by atoms with Gasteiger partial charge in [0.1, 0.15) is 10.6 Å². The van der Waals surface area contributed by atoms with Crippen molar-refractivity contribution in [2.75, 3.05) is 11.9 Å². The number of aliphatic hydroxyl groups is 2. The zero-order valence-electron chi connectivity index (χ0n) is 20.8. The molecule has 2 bridgehead atoms. The second-order valence-corrected chi connectivity index (χ2v) is 12.5. The number of halogens is 2. The van der Waals surface area contributed by atoms with Crippen molar-refractivity contribution in [2.45, 2.75) is 81.4 Å². The normalized spacial score (nSPS) is 27.5. The van der Waals surface area contributed by atoms with E-state index >= 15 is 0 Å². The van der Waals surface area contributed by atoms with Gasteiger partial charge in [0.25, 0.3) is 5.91 Å². The van der Waals surface area contributed by atoms with E-state index in [1.54, 1.807) is 11.5 Å². The number of hydrogen-bond donors (Lipinski definition) is 4. The number of carbonyl (C=O) groups excluding carboxylic acids is 1. The maximum atomic E-state index is 13.9. The third-order valence-corrected chi connectivity index (χ3v) is 9.97. The molecule has 5 rings (SSSR count). The smallest absolute Gasteiger partial charge is 0.272 e. The predicted octanol–water partition coefficient (Wildman–Crippen LogP) is 3.24. The maximum Gasteiger partial charge on any atom is 0.272 e. The molecule has 0 radical (unpaired) electrons. The second-order valence-electron chi connectivity index (χ2n) is 10.8. The van der Waals surface area contributed by atoms with Crippen LogP contribution in [-0.2, 0) is 23.0 Å². The summed E-state index contributed by atoms with van der Waals surface area (Å²) < 4.78 is 59.5. The highest BCUT2D eigenvalue weighted by atomic mass is 32.2. The number of amides is 1. The molecule has 2 fully saturated rings. The molecule has 2 heterocycles. The monoisotopic (exact) mass is 537 g/mol. The largest absolute Gasteiger partial charge is 0.393 e. The fourth-order valence-corrected chi connectivity index (χ4v) is 8.56. The molecule has 1 amide bonds. The average molecular weight is 538 g/mol. The molecule has 202 valence electrons. The van der Waals surface area contributed by atoms with E-state index in [9.17, 15) is 32.2 Å². The van der Waals surface area contributed by atoms with Crippen LogP contribution in [0.4, 0.5) is 14.5 Å². The number of hydrogen-bond acceptors (Lipinski definition) is 5. The van der Waals surface area contributed by atoms with Gasteiger partial charge in [-0.15, -0.1) is 0 Å². The van der Waals surface area contributed by atoms with E-state index < -0.39 is 33.2 Å². The summed E-state index contributed by atoms with van der Waals surface area (Å²) in [5.41, 5.74) is -0.0111. The van der Waals surface area contributed by atoms with Gasteiger partial charge in [0.05, 0.1) is 12.2 Å². The van der Waals surface area contributed by atoms with Crippen LogP contribution in [0.5, 0.6) is 0 Å². The molecule has 1 aromatic heterocycles. The number of nitrogens with one attached hydrogen (secondary N) is 2. The number of nitrogens with zero attached hydrogens (tertiary/aromatic N) is 1. The van der Waals surface area contributed by atoms with E-state index in [0.717, 1.165) is 44.2 Å². The fourth-order valence-electron chi connectivity index (χ4n) is 6.68. The molecule has 0 saturated heterocycles. The Hall–Kier alpha value is -2.34. The Morgan fingerprint density at radius 3 is 2.49 bits per heavy atom. The van der Waals surface area contributed by atoms with Gasteiger partial charge in [0.2, 0.25) is 10.0 Å². The third-order valence-electron chi connectivity index (χ3n) is 8.30. The zero-order valence-corrected chi connectivity index (χ0v) is 21.6. The van der Waals surface area contributed by atoms with Crippen LogP contribution in [-0.4, -0.2) is 47.4 Å². The van der Waals surface area contributed by atoms with Crippen LogP contribution in [0.2, 0.25) is 0 Å². The Kier molecular flexibility index (Phi) is 6.93. The number of benzene rings is 1. The fraction of sp³-hybridized carbons (Fsp3) is 0.577. The van der Waals surface area contributed by atoms with E-state index in [2.05, 4.69) is 10.0 Å². The Bertz CT molecular complexity index is 1310. The van der Waals surface area contributed by atoms with Crippen molar-refractivity contribution in [3.8, 4) is 0 Å². The van der Waals surface area contributed by atoms with E-state index in [1.807, 2.05) is 0 Å². The Labute approximate surface area is 215 Å². The van der Waals surface area contributed by atoms with E-state index in [0.29, 0.717) is 37.1 Å². The molecule has 11 heteroatoms. The molecule has 8 nitrogen and oxygen atoms in total. The molecule has 4 N–H and O–H groups in total. The van der Waals surface area contributed by atoms with Gasteiger partial charge in [-0.05, 0) is 75.8 Å². The number of rotatable bonds is 6. The predicted molar refractivity (Wildman–Crippen MR) is 133 cm³/mol. The zero-order chi connectivity index (χ0) is 26.5. The van der Waals surface area contributed by atoms with E-state index in [-0.39, 0.29) is 40.8 Å². The van der Waals surface area contributed by atoms with Crippen LogP contribution >= 0.6 is 0 Å². The minimum Gasteiger partial charge on any atom is -0.393 e. The molecule has 0 spiro atoms. The Morgan fingerprint density at radius 2 is 1.84 bits per heavy atom. The minimum atomic E-state index is -4.02. The van der Waals surface area contributed by atoms with Gasteiger partial charge < -0.3 is 20.1 Å². The standard InChI is InChI=1S/C26H33F2N3O5S/c1-15-23(25(33)29-18-8-9-19(27)20(28)11-18)31-10-4-2-3-5-21(31)24(15)37(35,36)30-22-16-6-7-17(22)13-26(34,12-16)14-32/h8-9,11,16-17,22,30,32,34H,2-7,10,12-14H2,1H3,(H,29,33). The molecule has 1 aliphatic heterocycles. The first kappa shape index (κ1) is 26.3. The van der Waals surface area contributed by atoms with Gasteiger partial charge in [0.15, 0.2) is 11.6 Å². The lowest BCUT2D eigenvalue weighted by molar-refractivity contribution is -0.0672. The molecule has 1 aromatic carbocycles. The maximum absolute atomic E-state index is 13.9. The summed E-state index contributed by atoms with van der Waals surface area (Å²) in [6, 6.07) is 2.72. The minimum absolute atomic E-state index is 0.0742. The van der Waals surface area contributed by atoms with Crippen molar-refractivity contribution in [1.29, 1.82) is 0 Å². The van der Waals surface area contributed by atoms with Crippen LogP contribution < -0.4 is 10.0 Å². The number of anilines is 1. The van der Waals surface area contributed by atoms with E-state index in [1.165, 1.54) is 6.07 Å². The van der Waals surface area contributed by atoms with Crippen LogP contribution in [0.25, 0.3) is 0 Å². The third kappa shape index (κ3) is 4.82. The van der Waals surface area contributed by atoms with Crippen LogP contribution in [0.1, 0.15) is 66.7 Å². The van der Waals surface area contributed by atoms with Crippen molar-refractivity contribution < 1.29 is 32.2 Å². The summed E-state index contributed by atoms with van der Waals surface area (Å²) in [5, 5.41) is 22.8. The van der Waals surface area contributed by atoms with Crippen molar-refractivity contribution in [3.63, 3.8) is 0 Å². The topological polar surface area (TPSA) is 121 Å². The molecule has 2 unspecified atom stereocenters. The quantitative estimate of drug-likeness (QED) is 0.451. The van der Waals surface area contributed by atoms with Gasteiger partial charge in [-0.1, -0.05) is 6.42 Å². The average Bonchev–Trinajstić information content (AvgIpc) is 3.12. The van der Waals surface area contributed by atoms with Gasteiger partial charge in [-0.25, -0.2) is 21.9 Å². The lowest BCUT2D eigenvalue weighted by Gasteiger charge is -2.40. The molecule has 2 saturated carbocycles. The van der Waals surface area contributed by atoms with Gasteiger partial charge in [0, 0.05) is 35.6 Å².